The second kappa shape index (κ2) is 11.2. The standard InChI is InChI=1S/C27H27FN4O4S/c28-16-14-22(27(30-15-16)36-19-9-12-37-13-10-19)26(35)32-18-6-4-17(5-7-18)31-25(34)21-8-11-29-24-20(21)2-1-3-23(24)33/h1-3,8,11,14-15,17,19,33H,4-7,9-10,12-13H2,(H,31,34). The molecule has 10 heteroatoms. The molecule has 1 saturated heterocycles. The van der Waals surface area contributed by atoms with Crippen molar-refractivity contribution in [3.8, 4) is 11.6 Å². The van der Waals surface area contributed by atoms with E-state index in [2.05, 4.69) is 20.3 Å². The van der Waals surface area contributed by atoms with Crippen LogP contribution in [0.2, 0.25) is 0 Å². The first-order valence-electron chi connectivity index (χ1n) is 12.4. The lowest BCUT2D eigenvalue weighted by Crippen LogP contribution is -2.38. The molecule has 1 aromatic carbocycles. The zero-order valence-electron chi connectivity index (χ0n) is 20.2. The van der Waals surface area contributed by atoms with Crippen LogP contribution in [0.3, 0.4) is 0 Å². The number of aromatic hydroxyl groups is 1. The molecule has 5 rings (SSSR count). The summed E-state index contributed by atoms with van der Waals surface area (Å²) in [5.41, 5.74) is 1.57. The van der Waals surface area contributed by atoms with Crippen LogP contribution in [0.1, 0.15) is 59.2 Å². The molecule has 3 heterocycles. The van der Waals surface area contributed by atoms with Crippen LogP contribution >= 0.6 is 11.8 Å². The zero-order valence-corrected chi connectivity index (χ0v) is 21.0. The number of hydrogen-bond donors (Lipinski definition) is 2. The first-order chi connectivity index (χ1) is 18.0. The number of benzene rings is 1. The Morgan fingerprint density at radius 1 is 1.08 bits per heavy atom. The van der Waals surface area contributed by atoms with Crippen LogP contribution < -0.4 is 10.1 Å². The van der Waals surface area contributed by atoms with E-state index < -0.39 is 11.7 Å². The van der Waals surface area contributed by atoms with Gasteiger partial charge >= 0.3 is 0 Å². The molecule has 0 spiro atoms. The molecule has 8 nitrogen and oxygen atoms in total. The quantitative estimate of drug-likeness (QED) is 0.499. The number of pyridine rings is 2. The molecule has 2 N–H and O–H groups in total. The highest BCUT2D eigenvalue weighted by Gasteiger charge is 2.24. The van der Waals surface area contributed by atoms with Gasteiger partial charge in [0, 0.05) is 23.3 Å². The molecule has 1 aliphatic carbocycles. The third kappa shape index (κ3) is 5.90. The molecule has 2 aromatic heterocycles. The Morgan fingerprint density at radius 3 is 2.65 bits per heavy atom. The third-order valence-electron chi connectivity index (χ3n) is 6.65. The number of rotatable bonds is 5. The zero-order chi connectivity index (χ0) is 25.8. The summed E-state index contributed by atoms with van der Waals surface area (Å²) in [7, 11) is 0. The molecule has 1 saturated carbocycles. The summed E-state index contributed by atoms with van der Waals surface area (Å²) in [5, 5.41) is 13.7. The molecule has 0 atom stereocenters. The fourth-order valence-electron chi connectivity index (χ4n) is 4.66. The van der Waals surface area contributed by atoms with E-state index in [1.54, 1.807) is 18.2 Å². The first kappa shape index (κ1) is 25.1. The van der Waals surface area contributed by atoms with Crippen LogP contribution in [0, 0.1) is 5.82 Å². The lowest BCUT2D eigenvalue weighted by Gasteiger charge is -2.24. The summed E-state index contributed by atoms with van der Waals surface area (Å²) in [6.45, 7) is 0. The second-order valence-electron chi connectivity index (χ2n) is 9.20. The van der Waals surface area contributed by atoms with E-state index in [9.17, 15) is 19.1 Å². The number of nitrogens with zero attached hydrogens (tertiary/aromatic N) is 3. The van der Waals surface area contributed by atoms with Crippen LogP contribution in [-0.4, -0.2) is 56.3 Å². The van der Waals surface area contributed by atoms with E-state index in [0.29, 0.717) is 47.9 Å². The Morgan fingerprint density at radius 2 is 1.86 bits per heavy atom. The fourth-order valence-corrected chi connectivity index (χ4v) is 5.72. The van der Waals surface area contributed by atoms with Crippen LogP contribution in [-0.2, 0) is 0 Å². The number of carbonyl (C=O) groups excluding carboxylic acids is 2. The fraction of sp³-hybridized carbons (Fsp3) is 0.370. The summed E-state index contributed by atoms with van der Waals surface area (Å²) in [6.07, 6.45) is 6.54. The van der Waals surface area contributed by atoms with Crippen LogP contribution in [0.4, 0.5) is 4.39 Å². The molecular weight excluding hydrogens is 495 g/mol. The van der Waals surface area contributed by atoms with Crippen LogP contribution in [0.25, 0.3) is 10.9 Å². The first-order valence-corrected chi connectivity index (χ1v) is 13.5. The second-order valence-corrected chi connectivity index (χ2v) is 10.4. The molecule has 2 aliphatic rings. The van der Waals surface area contributed by atoms with Gasteiger partial charge in [-0.25, -0.2) is 14.4 Å². The number of phenols is 1. The van der Waals surface area contributed by atoms with Crippen molar-refractivity contribution in [3.63, 3.8) is 0 Å². The number of carbonyl (C=O) groups is 2. The van der Waals surface area contributed by atoms with Gasteiger partial charge < -0.3 is 15.2 Å². The number of ether oxygens (including phenoxy) is 1. The van der Waals surface area contributed by atoms with E-state index in [0.717, 1.165) is 36.6 Å². The largest absolute Gasteiger partial charge is 0.506 e. The van der Waals surface area contributed by atoms with Gasteiger partial charge in [-0.05, 0) is 68.2 Å². The predicted molar refractivity (Wildman–Crippen MR) is 140 cm³/mol. The number of aliphatic imine (C=N–C) groups is 1. The van der Waals surface area contributed by atoms with Crippen molar-refractivity contribution < 1.29 is 23.8 Å². The smallest absolute Gasteiger partial charge is 0.282 e. The summed E-state index contributed by atoms with van der Waals surface area (Å²) < 4.78 is 19.9. The highest BCUT2D eigenvalue weighted by molar-refractivity contribution is 7.99. The Bertz CT molecular complexity index is 1350. The Hall–Kier alpha value is -3.53. The number of phenolic OH excluding ortho intramolecular Hbond substituents is 1. The molecule has 0 bridgehead atoms. The highest BCUT2D eigenvalue weighted by Crippen LogP contribution is 2.27. The number of nitrogens with one attached hydrogen (secondary N) is 1. The molecule has 0 radical (unpaired) electrons. The molecule has 192 valence electrons. The maximum atomic E-state index is 13.9. The molecule has 1 aliphatic heterocycles. The minimum atomic E-state index is -0.613. The number of halogens is 1. The Kier molecular flexibility index (Phi) is 7.64. The highest BCUT2D eigenvalue weighted by atomic mass is 32.2. The summed E-state index contributed by atoms with van der Waals surface area (Å²) in [5.74, 6) is 0.697. The van der Waals surface area contributed by atoms with Crippen molar-refractivity contribution >= 4 is 40.2 Å². The third-order valence-corrected chi connectivity index (χ3v) is 7.70. The van der Waals surface area contributed by atoms with Crippen LogP contribution in [0.15, 0.2) is 47.7 Å². The molecule has 37 heavy (non-hydrogen) atoms. The van der Waals surface area contributed by atoms with Crippen molar-refractivity contribution in [1.82, 2.24) is 15.3 Å². The van der Waals surface area contributed by atoms with Gasteiger partial charge in [0.05, 0.1) is 11.8 Å². The monoisotopic (exact) mass is 522 g/mol. The van der Waals surface area contributed by atoms with Crippen molar-refractivity contribution in [1.29, 1.82) is 0 Å². The van der Waals surface area contributed by atoms with Crippen molar-refractivity contribution in [2.45, 2.75) is 50.7 Å². The minimum absolute atomic E-state index is 0.0233. The van der Waals surface area contributed by atoms with Gasteiger partial charge in [0.2, 0.25) is 5.88 Å². The molecule has 0 unspecified atom stereocenters. The van der Waals surface area contributed by atoms with Gasteiger partial charge in [-0.15, -0.1) is 0 Å². The van der Waals surface area contributed by atoms with E-state index >= 15 is 0 Å². The number of thioether (sulfide) groups is 1. The van der Waals surface area contributed by atoms with Gasteiger partial charge in [-0.1, -0.05) is 12.1 Å². The Labute approximate surface area is 217 Å². The van der Waals surface area contributed by atoms with Crippen molar-refractivity contribution in [2.75, 3.05) is 11.5 Å². The molecular formula is C27H27FN4O4S. The molecule has 2 fully saturated rings. The number of fused-ring (bicyclic) bond motifs is 1. The van der Waals surface area contributed by atoms with Gasteiger partial charge in [0.15, 0.2) is 0 Å². The van der Waals surface area contributed by atoms with Crippen molar-refractivity contribution in [2.24, 2.45) is 4.99 Å². The van der Waals surface area contributed by atoms with Gasteiger partial charge in [0.25, 0.3) is 11.8 Å². The van der Waals surface area contributed by atoms with Gasteiger partial charge in [-0.3, -0.25) is 14.6 Å². The molecule has 3 aromatic rings. The topological polar surface area (TPSA) is 114 Å². The SMILES string of the molecule is O=C(N=C1CCC(NC(=O)c2ccnc3c(O)cccc23)CC1)c1cc(F)cnc1OC1CCSCC1. The Balaban J connectivity index is 1.22. The summed E-state index contributed by atoms with van der Waals surface area (Å²) in [4.78, 5) is 38.4. The summed E-state index contributed by atoms with van der Waals surface area (Å²) >= 11 is 1.86. The van der Waals surface area contributed by atoms with E-state index in [4.69, 9.17) is 4.74 Å². The minimum Gasteiger partial charge on any atom is -0.506 e. The number of para-hydroxylation sites is 1. The van der Waals surface area contributed by atoms with E-state index in [1.807, 2.05) is 11.8 Å². The van der Waals surface area contributed by atoms with E-state index in [1.165, 1.54) is 12.3 Å². The maximum absolute atomic E-state index is 13.9. The average Bonchev–Trinajstić information content (AvgIpc) is 2.91. The van der Waals surface area contributed by atoms with E-state index in [-0.39, 0.29) is 35.2 Å². The lowest BCUT2D eigenvalue weighted by molar-refractivity contribution is 0.0931. The predicted octanol–water partition coefficient (Wildman–Crippen LogP) is 4.70. The number of amides is 2. The number of aromatic nitrogens is 2. The van der Waals surface area contributed by atoms with Gasteiger partial charge in [-0.2, -0.15) is 11.8 Å². The van der Waals surface area contributed by atoms with Gasteiger partial charge in [0.1, 0.15) is 28.8 Å². The maximum Gasteiger partial charge on any atom is 0.282 e. The average molecular weight is 523 g/mol. The number of hydrogen-bond acceptors (Lipinski definition) is 7. The molecule has 2 amide bonds. The van der Waals surface area contributed by atoms with Crippen molar-refractivity contribution in [3.05, 3.63) is 59.7 Å². The lowest BCUT2D eigenvalue weighted by atomic mass is 9.93. The van der Waals surface area contributed by atoms with Crippen LogP contribution in [0.5, 0.6) is 11.6 Å². The normalized spacial score (nSPS) is 18.4. The summed E-state index contributed by atoms with van der Waals surface area (Å²) in [6, 6.07) is 7.64.